The quantitative estimate of drug-likeness (QED) is 0.672. The van der Waals surface area contributed by atoms with Crippen LogP contribution < -0.4 is 5.32 Å². The minimum absolute atomic E-state index is 0.0823. The Morgan fingerprint density at radius 3 is 1.86 bits per heavy atom. The first-order chi connectivity index (χ1) is 13.7. The van der Waals surface area contributed by atoms with E-state index in [1.807, 2.05) is 48.5 Å². The van der Waals surface area contributed by atoms with Crippen LogP contribution in [0.4, 0.5) is 0 Å². The Hall–Kier alpha value is -2.71. The summed E-state index contributed by atoms with van der Waals surface area (Å²) in [7, 11) is -2.13. The molecule has 0 radical (unpaired) electrons. The van der Waals surface area contributed by atoms with Crippen LogP contribution in [-0.4, -0.2) is 55.3 Å². The lowest BCUT2D eigenvalue weighted by atomic mass is 10.1. The van der Waals surface area contributed by atoms with Crippen LogP contribution in [0.25, 0.3) is 0 Å². The van der Waals surface area contributed by atoms with Gasteiger partial charge in [-0.1, -0.05) is 60.7 Å². The Labute approximate surface area is 172 Å². The SMILES string of the molecule is CNC(=O)C(C)N(Cc1ccccc1)C(=O)CN(Cc1ccccc1)S(C)(=O)=O. The van der Waals surface area contributed by atoms with E-state index in [-0.39, 0.29) is 25.5 Å². The Balaban J connectivity index is 2.26. The van der Waals surface area contributed by atoms with Crippen LogP contribution in [0.3, 0.4) is 0 Å². The maximum atomic E-state index is 13.1. The number of benzene rings is 2. The van der Waals surface area contributed by atoms with E-state index in [1.54, 1.807) is 19.1 Å². The second-order valence-corrected chi connectivity index (χ2v) is 8.80. The number of carbonyl (C=O) groups excluding carboxylic acids is 2. The molecule has 0 bridgehead atoms. The first-order valence-electron chi connectivity index (χ1n) is 9.26. The molecule has 2 aromatic carbocycles. The predicted octanol–water partition coefficient (Wildman–Crippen LogP) is 1.61. The summed E-state index contributed by atoms with van der Waals surface area (Å²) in [5.74, 6) is -0.755. The third-order valence-corrected chi connectivity index (χ3v) is 5.79. The van der Waals surface area contributed by atoms with E-state index >= 15 is 0 Å². The number of rotatable bonds is 9. The summed E-state index contributed by atoms with van der Waals surface area (Å²) in [6.07, 6.45) is 1.08. The third-order valence-electron chi connectivity index (χ3n) is 4.59. The fraction of sp³-hybridized carbons (Fsp3) is 0.333. The highest BCUT2D eigenvalue weighted by molar-refractivity contribution is 7.88. The van der Waals surface area contributed by atoms with Gasteiger partial charge in [-0.3, -0.25) is 9.59 Å². The normalized spacial score (nSPS) is 12.4. The first kappa shape index (κ1) is 22.6. The van der Waals surface area contributed by atoms with Crippen molar-refractivity contribution >= 4 is 21.8 Å². The highest BCUT2D eigenvalue weighted by atomic mass is 32.2. The van der Waals surface area contributed by atoms with Gasteiger partial charge in [-0.2, -0.15) is 4.31 Å². The van der Waals surface area contributed by atoms with Crippen molar-refractivity contribution in [1.29, 1.82) is 0 Å². The number of amides is 2. The fourth-order valence-electron chi connectivity index (χ4n) is 2.89. The molecule has 0 heterocycles. The molecule has 0 aliphatic heterocycles. The van der Waals surface area contributed by atoms with E-state index in [1.165, 1.54) is 11.9 Å². The Kier molecular flexibility index (Phi) is 7.92. The van der Waals surface area contributed by atoms with Crippen molar-refractivity contribution in [2.24, 2.45) is 0 Å². The number of carbonyl (C=O) groups is 2. The summed E-state index contributed by atoms with van der Waals surface area (Å²) in [5, 5.41) is 2.54. The van der Waals surface area contributed by atoms with E-state index < -0.39 is 22.0 Å². The van der Waals surface area contributed by atoms with E-state index in [9.17, 15) is 18.0 Å². The molecule has 2 rings (SSSR count). The minimum atomic E-state index is -3.63. The van der Waals surface area contributed by atoms with Crippen molar-refractivity contribution in [3.05, 3.63) is 71.8 Å². The van der Waals surface area contributed by atoms with Crippen molar-refractivity contribution in [1.82, 2.24) is 14.5 Å². The molecule has 1 unspecified atom stereocenters. The maximum Gasteiger partial charge on any atom is 0.242 e. The van der Waals surface area contributed by atoms with Crippen molar-refractivity contribution < 1.29 is 18.0 Å². The molecular weight excluding hydrogens is 390 g/mol. The molecule has 156 valence electrons. The second-order valence-electron chi connectivity index (χ2n) is 6.81. The van der Waals surface area contributed by atoms with Gasteiger partial charge in [0.05, 0.1) is 12.8 Å². The van der Waals surface area contributed by atoms with E-state index in [0.717, 1.165) is 21.7 Å². The monoisotopic (exact) mass is 417 g/mol. The molecule has 0 aliphatic rings. The summed E-state index contributed by atoms with van der Waals surface area (Å²) in [5.41, 5.74) is 1.63. The lowest BCUT2D eigenvalue weighted by Gasteiger charge is -2.30. The standard InChI is InChI=1S/C21H27N3O4S/c1-17(21(26)22-2)24(15-19-12-8-5-9-13-19)20(25)16-23(29(3,27)28)14-18-10-6-4-7-11-18/h4-13,17H,14-16H2,1-3H3,(H,22,26). The van der Waals surface area contributed by atoms with Crippen LogP contribution in [0.2, 0.25) is 0 Å². The van der Waals surface area contributed by atoms with Gasteiger partial charge < -0.3 is 10.2 Å². The molecular formula is C21H27N3O4S. The van der Waals surface area contributed by atoms with Gasteiger partial charge in [-0.05, 0) is 18.1 Å². The Bertz CT molecular complexity index is 917. The van der Waals surface area contributed by atoms with Crippen LogP contribution >= 0.6 is 0 Å². The molecule has 0 saturated carbocycles. The Morgan fingerprint density at radius 1 is 0.931 bits per heavy atom. The molecule has 2 amide bonds. The van der Waals surface area contributed by atoms with E-state index in [2.05, 4.69) is 5.32 Å². The number of likely N-dealkylation sites (N-methyl/N-ethyl adjacent to an activating group) is 1. The molecule has 1 atom stereocenters. The maximum absolute atomic E-state index is 13.1. The topological polar surface area (TPSA) is 86.8 Å². The van der Waals surface area contributed by atoms with Crippen molar-refractivity contribution in [3.63, 3.8) is 0 Å². The van der Waals surface area contributed by atoms with Gasteiger partial charge in [-0.25, -0.2) is 8.42 Å². The van der Waals surface area contributed by atoms with Gasteiger partial charge in [0.15, 0.2) is 0 Å². The zero-order valence-corrected chi connectivity index (χ0v) is 17.7. The van der Waals surface area contributed by atoms with Gasteiger partial charge in [0.2, 0.25) is 21.8 Å². The lowest BCUT2D eigenvalue weighted by molar-refractivity contribution is -0.140. The second kappa shape index (κ2) is 10.2. The molecule has 0 aliphatic carbocycles. The molecule has 29 heavy (non-hydrogen) atoms. The van der Waals surface area contributed by atoms with Gasteiger partial charge in [0.1, 0.15) is 6.04 Å². The highest BCUT2D eigenvalue weighted by Crippen LogP contribution is 2.13. The third kappa shape index (κ3) is 6.69. The van der Waals surface area contributed by atoms with E-state index in [4.69, 9.17) is 0 Å². The van der Waals surface area contributed by atoms with Crippen molar-refractivity contribution in [3.8, 4) is 0 Å². The average molecular weight is 418 g/mol. The first-order valence-corrected chi connectivity index (χ1v) is 11.1. The number of nitrogens with zero attached hydrogens (tertiary/aromatic N) is 2. The molecule has 7 nitrogen and oxygen atoms in total. The molecule has 0 saturated heterocycles. The van der Waals surface area contributed by atoms with Crippen molar-refractivity contribution in [2.75, 3.05) is 19.8 Å². The number of sulfonamides is 1. The van der Waals surface area contributed by atoms with Crippen LogP contribution in [0.1, 0.15) is 18.1 Å². The molecule has 2 aromatic rings. The molecule has 0 fully saturated rings. The summed E-state index contributed by atoms with van der Waals surface area (Å²) in [6.45, 7) is 1.57. The summed E-state index contributed by atoms with van der Waals surface area (Å²) < 4.78 is 25.7. The van der Waals surface area contributed by atoms with Crippen molar-refractivity contribution in [2.45, 2.75) is 26.1 Å². The van der Waals surface area contributed by atoms with Crippen LogP contribution in [-0.2, 0) is 32.7 Å². The zero-order valence-electron chi connectivity index (χ0n) is 16.9. The Morgan fingerprint density at radius 2 is 1.41 bits per heavy atom. The van der Waals surface area contributed by atoms with Crippen LogP contribution in [0.5, 0.6) is 0 Å². The summed E-state index contributed by atoms with van der Waals surface area (Å²) in [4.78, 5) is 26.7. The summed E-state index contributed by atoms with van der Waals surface area (Å²) >= 11 is 0. The molecule has 0 spiro atoms. The fourth-order valence-corrected chi connectivity index (χ4v) is 3.62. The largest absolute Gasteiger partial charge is 0.357 e. The molecule has 1 N–H and O–H groups in total. The van der Waals surface area contributed by atoms with Gasteiger partial charge in [-0.15, -0.1) is 0 Å². The van der Waals surface area contributed by atoms with Gasteiger partial charge in [0, 0.05) is 20.1 Å². The molecule has 8 heteroatoms. The minimum Gasteiger partial charge on any atom is -0.357 e. The summed E-state index contributed by atoms with van der Waals surface area (Å²) in [6, 6.07) is 17.6. The zero-order chi connectivity index (χ0) is 21.4. The average Bonchev–Trinajstić information content (AvgIpc) is 2.71. The highest BCUT2D eigenvalue weighted by Gasteiger charge is 2.29. The van der Waals surface area contributed by atoms with Gasteiger partial charge >= 0.3 is 0 Å². The number of nitrogens with one attached hydrogen (secondary N) is 1. The number of hydrogen-bond donors (Lipinski definition) is 1. The predicted molar refractivity (Wildman–Crippen MR) is 112 cm³/mol. The lowest BCUT2D eigenvalue weighted by Crippen LogP contribution is -2.50. The number of hydrogen-bond acceptors (Lipinski definition) is 4. The smallest absolute Gasteiger partial charge is 0.242 e. The van der Waals surface area contributed by atoms with E-state index in [0.29, 0.717) is 0 Å². The molecule has 0 aromatic heterocycles. The van der Waals surface area contributed by atoms with Crippen LogP contribution in [0.15, 0.2) is 60.7 Å². The van der Waals surface area contributed by atoms with Gasteiger partial charge in [0.25, 0.3) is 0 Å². The van der Waals surface area contributed by atoms with Crippen LogP contribution in [0, 0.1) is 0 Å².